The van der Waals surface area contributed by atoms with Crippen LogP contribution in [-0.4, -0.2) is 22.8 Å². The summed E-state index contributed by atoms with van der Waals surface area (Å²) in [5.74, 6) is 1.32. The van der Waals surface area contributed by atoms with Crippen LogP contribution in [0.5, 0.6) is 0 Å². The molecule has 0 atom stereocenters. The number of hydrogen-bond acceptors (Lipinski definition) is 3. The average molecular weight is 181 g/mol. The minimum atomic E-state index is 0.617. The summed E-state index contributed by atoms with van der Waals surface area (Å²) in [5, 5.41) is 0. The van der Waals surface area contributed by atoms with Gasteiger partial charge in [0.2, 0.25) is 0 Å². The molecule has 1 fully saturated rings. The van der Waals surface area contributed by atoms with Gasteiger partial charge in [-0.2, -0.15) is 0 Å². The molecule has 0 unspecified atom stereocenters. The molecule has 13 heavy (non-hydrogen) atoms. The monoisotopic (exact) mass is 181 g/mol. The van der Waals surface area contributed by atoms with Gasteiger partial charge in [0.05, 0.1) is 0 Å². The Labute approximate surface area is 77.7 Å². The average Bonchev–Trinajstić information content (AvgIpc) is 2.54. The van der Waals surface area contributed by atoms with Gasteiger partial charge in [0.15, 0.2) is 5.95 Å². The largest absolute Gasteiger partial charge is 0.381 e. The van der Waals surface area contributed by atoms with Crippen LogP contribution in [0.1, 0.15) is 12.8 Å². The number of nitrogens with zero attached hydrogens (tertiary/aromatic N) is 2. The molecule has 2 heterocycles. The number of nitrogens with two attached hydrogens (primary N) is 1. The van der Waals surface area contributed by atoms with Crippen LogP contribution < -0.4 is 5.73 Å². The summed E-state index contributed by atoms with van der Waals surface area (Å²) in [4.78, 5) is 3.99. The van der Waals surface area contributed by atoms with E-state index in [-0.39, 0.29) is 0 Å². The fourth-order valence-corrected chi connectivity index (χ4v) is 1.70. The number of hydrogen-bond donors (Lipinski definition) is 1. The lowest BCUT2D eigenvalue weighted by molar-refractivity contribution is 0.0614. The molecule has 1 aromatic heterocycles. The molecule has 0 amide bonds. The first-order valence-corrected chi connectivity index (χ1v) is 4.70. The second-order valence-corrected chi connectivity index (χ2v) is 3.49. The predicted molar refractivity (Wildman–Crippen MR) is 50.2 cm³/mol. The molecule has 0 aliphatic carbocycles. The highest BCUT2D eigenvalue weighted by Gasteiger charge is 2.14. The lowest BCUT2D eigenvalue weighted by atomic mass is 10.0. The molecule has 1 aromatic rings. The molecule has 72 valence electrons. The van der Waals surface area contributed by atoms with Crippen LogP contribution in [0.15, 0.2) is 12.4 Å². The highest BCUT2D eigenvalue weighted by molar-refractivity contribution is 5.16. The van der Waals surface area contributed by atoms with E-state index in [1.54, 1.807) is 6.20 Å². The van der Waals surface area contributed by atoms with Crippen LogP contribution in [0.2, 0.25) is 0 Å². The molecule has 4 heteroatoms. The van der Waals surface area contributed by atoms with E-state index in [1.807, 2.05) is 10.8 Å². The molecule has 0 spiro atoms. The Morgan fingerprint density at radius 1 is 1.54 bits per heavy atom. The van der Waals surface area contributed by atoms with Gasteiger partial charge < -0.3 is 15.0 Å². The number of rotatable bonds is 2. The second-order valence-electron chi connectivity index (χ2n) is 3.49. The molecule has 0 saturated carbocycles. The normalized spacial score (nSPS) is 19.1. The Balaban J connectivity index is 1.93. The third kappa shape index (κ3) is 2.01. The first-order chi connectivity index (χ1) is 6.36. The van der Waals surface area contributed by atoms with E-state index in [0.717, 1.165) is 32.6 Å². The van der Waals surface area contributed by atoms with Crippen molar-refractivity contribution in [1.82, 2.24) is 9.55 Å². The standard InChI is InChI=1S/C9H15N3O/c10-9-11-3-4-12(9)7-8-1-5-13-6-2-8/h3-4,8H,1-2,5-7H2,(H2,10,11). The van der Waals surface area contributed by atoms with Crippen molar-refractivity contribution >= 4 is 5.95 Å². The lowest BCUT2D eigenvalue weighted by Crippen LogP contribution is -2.20. The highest BCUT2D eigenvalue weighted by Crippen LogP contribution is 2.17. The van der Waals surface area contributed by atoms with Crippen molar-refractivity contribution in [2.45, 2.75) is 19.4 Å². The van der Waals surface area contributed by atoms with Crippen LogP contribution in [0.4, 0.5) is 5.95 Å². The Bertz CT molecular complexity index is 266. The Morgan fingerprint density at radius 3 is 2.92 bits per heavy atom. The summed E-state index contributed by atoms with van der Waals surface area (Å²) in [6, 6.07) is 0. The maximum atomic E-state index is 5.68. The van der Waals surface area contributed by atoms with Crippen LogP contribution >= 0.6 is 0 Å². The van der Waals surface area contributed by atoms with Crippen molar-refractivity contribution in [2.24, 2.45) is 5.92 Å². The van der Waals surface area contributed by atoms with E-state index in [0.29, 0.717) is 11.9 Å². The number of anilines is 1. The SMILES string of the molecule is Nc1nccn1CC1CCOCC1. The van der Waals surface area contributed by atoms with E-state index >= 15 is 0 Å². The summed E-state index contributed by atoms with van der Waals surface area (Å²) >= 11 is 0. The van der Waals surface area contributed by atoms with Crippen molar-refractivity contribution in [3.63, 3.8) is 0 Å². The van der Waals surface area contributed by atoms with Crippen molar-refractivity contribution in [3.05, 3.63) is 12.4 Å². The molecular weight excluding hydrogens is 166 g/mol. The second kappa shape index (κ2) is 3.79. The van der Waals surface area contributed by atoms with E-state index in [1.165, 1.54) is 0 Å². The molecule has 2 rings (SSSR count). The van der Waals surface area contributed by atoms with Gasteiger partial charge in [-0.05, 0) is 18.8 Å². The molecule has 1 aliphatic rings. The number of aromatic nitrogens is 2. The van der Waals surface area contributed by atoms with Crippen molar-refractivity contribution < 1.29 is 4.74 Å². The maximum absolute atomic E-state index is 5.68. The zero-order valence-corrected chi connectivity index (χ0v) is 7.65. The molecular formula is C9H15N3O. The van der Waals surface area contributed by atoms with Crippen LogP contribution in [0, 0.1) is 5.92 Å². The van der Waals surface area contributed by atoms with Gasteiger partial charge in [0.1, 0.15) is 0 Å². The number of imidazole rings is 1. The topological polar surface area (TPSA) is 53.1 Å². The van der Waals surface area contributed by atoms with Crippen molar-refractivity contribution in [1.29, 1.82) is 0 Å². The van der Waals surface area contributed by atoms with Gasteiger partial charge in [-0.3, -0.25) is 0 Å². The fraction of sp³-hybridized carbons (Fsp3) is 0.667. The van der Waals surface area contributed by atoms with Crippen molar-refractivity contribution in [3.8, 4) is 0 Å². The third-order valence-corrected chi connectivity index (χ3v) is 2.54. The van der Waals surface area contributed by atoms with Gasteiger partial charge in [0.25, 0.3) is 0 Å². The summed E-state index contributed by atoms with van der Waals surface area (Å²) in [6.45, 7) is 2.76. The zero-order chi connectivity index (χ0) is 9.10. The summed E-state index contributed by atoms with van der Waals surface area (Å²) in [7, 11) is 0. The molecule has 1 aliphatic heterocycles. The number of ether oxygens (including phenoxy) is 1. The predicted octanol–water partition coefficient (Wildman–Crippen LogP) is 0.892. The molecule has 0 bridgehead atoms. The Kier molecular flexibility index (Phi) is 2.49. The smallest absolute Gasteiger partial charge is 0.200 e. The first-order valence-electron chi connectivity index (χ1n) is 4.70. The zero-order valence-electron chi connectivity index (χ0n) is 7.65. The van der Waals surface area contributed by atoms with Crippen LogP contribution in [0.3, 0.4) is 0 Å². The summed E-state index contributed by atoms with van der Waals surface area (Å²) < 4.78 is 7.30. The van der Waals surface area contributed by atoms with Crippen molar-refractivity contribution in [2.75, 3.05) is 18.9 Å². The van der Waals surface area contributed by atoms with Crippen LogP contribution in [-0.2, 0) is 11.3 Å². The van der Waals surface area contributed by atoms with E-state index in [2.05, 4.69) is 4.98 Å². The Hall–Kier alpha value is -1.03. The highest BCUT2D eigenvalue weighted by atomic mass is 16.5. The Morgan fingerprint density at radius 2 is 2.31 bits per heavy atom. The van der Waals surface area contributed by atoms with Crippen LogP contribution in [0.25, 0.3) is 0 Å². The summed E-state index contributed by atoms with van der Waals surface area (Å²) in [5.41, 5.74) is 5.68. The van der Waals surface area contributed by atoms with Gasteiger partial charge >= 0.3 is 0 Å². The minimum absolute atomic E-state index is 0.617. The van der Waals surface area contributed by atoms with Gasteiger partial charge in [0, 0.05) is 32.2 Å². The fourth-order valence-electron chi connectivity index (χ4n) is 1.70. The van der Waals surface area contributed by atoms with E-state index < -0.39 is 0 Å². The molecule has 4 nitrogen and oxygen atoms in total. The molecule has 1 saturated heterocycles. The lowest BCUT2D eigenvalue weighted by Gasteiger charge is -2.22. The van der Waals surface area contributed by atoms with E-state index in [4.69, 9.17) is 10.5 Å². The molecule has 2 N–H and O–H groups in total. The molecule has 0 radical (unpaired) electrons. The van der Waals surface area contributed by atoms with Gasteiger partial charge in [-0.1, -0.05) is 0 Å². The maximum Gasteiger partial charge on any atom is 0.200 e. The van der Waals surface area contributed by atoms with Gasteiger partial charge in [-0.25, -0.2) is 4.98 Å². The minimum Gasteiger partial charge on any atom is -0.381 e. The first kappa shape index (κ1) is 8.56. The van der Waals surface area contributed by atoms with E-state index in [9.17, 15) is 0 Å². The number of nitrogen functional groups attached to an aromatic ring is 1. The molecule has 0 aromatic carbocycles. The quantitative estimate of drug-likeness (QED) is 0.737. The summed E-state index contributed by atoms with van der Waals surface area (Å²) in [6.07, 6.45) is 5.95. The third-order valence-electron chi connectivity index (χ3n) is 2.54. The van der Waals surface area contributed by atoms with Gasteiger partial charge in [-0.15, -0.1) is 0 Å².